The Bertz CT molecular complexity index is 2970. The highest BCUT2D eigenvalue weighted by atomic mass is 79.9. The van der Waals surface area contributed by atoms with Gasteiger partial charge in [0.15, 0.2) is 0 Å². The van der Waals surface area contributed by atoms with Crippen molar-refractivity contribution in [2.45, 2.75) is 7.43 Å². The van der Waals surface area contributed by atoms with Crippen molar-refractivity contribution in [3.63, 3.8) is 0 Å². The maximum Gasteiger partial charge on any atom is 0.488 e. The van der Waals surface area contributed by atoms with Crippen LogP contribution in [-0.2, 0) is 0 Å². The van der Waals surface area contributed by atoms with Crippen molar-refractivity contribution in [1.82, 2.24) is 19.1 Å². The molecule has 8 aromatic carbocycles. The first-order valence-electron chi connectivity index (χ1n) is 19.1. The van der Waals surface area contributed by atoms with Gasteiger partial charge < -0.3 is 10.0 Å². The van der Waals surface area contributed by atoms with E-state index in [-0.39, 0.29) is 7.43 Å². The van der Waals surface area contributed by atoms with Crippen molar-refractivity contribution in [2.24, 2.45) is 0 Å². The molecule has 2 heterocycles. The summed E-state index contributed by atoms with van der Waals surface area (Å²) in [6, 6.07) is 68.7. The summed E-state index contributed by atoms with van der Waals surface area (Å²) < 4.78 is 6.41. The van der Waals surface area contributed by atoms with Gasteiger partial charge in [-0.3, -0.25) is 9.13 Å². The SMILES string of the molecule is Brc1ccc(-c2ccc3c(c2)nc(-c2ccccc2)n3-c2ccccc2)cc1.C.Clc1ccc2c(c1)nc(-c1ccccc1)n2-c1ccccc1.OB(O)c1ccc(Br)cc1. The number of fused-ring (bicyclic) bond motifs is 2. The van der Waals surface area contributed by atoms with Crippen molar-refractivity contribution in [3.05, 3.63) is 220 Å². The summed E-state index contributed by atoms with van der Waals surface area (Å²) in [6.45, 7) is 0. The molecule has 0 atom stereocenters. The number of hydrogen-bond acceptors (Lipinski definition) is 4. The summed E-state index contributed by atoms with van der Waals surface area (Å²) in [4.78, 5) is 9.82. The second kappa shape index (κ2) is 20.0. The fourth-order valence-electron chi connectivity index (χ4n) is 6.83. The number of benzene rings is 8. The zero-order chi connectivity index (χ0) is 41.4. The van der Waals surface area contributed by atoms with Crippen molar-refractivity contribution in [1.29, 1.82) is 0 Å². The van der Waals surface area contributed by atoms with Crippen LogP contribution in [0.15, 0.2) is 215 Å². The van der Waals surface area contributed by atoms with Gasteiger partial charge in [-0.15, -0.1) is 0 Å². The molecule has 300 valence electrons. The van der Waals surface area contributed by atoms with Crippen LogP contribution in [0.5, 0.6) is 0 Å². The van der Waals surface area contributed by atoms with Gasteiger partial charge in [0.05, 0.1) is 22.1 Å². The fraction of sp³-hybridized carbons (Fsp3) is 0.0196. The Kier molecular flexibility index (Phi) is 14.1. The van der Waals surface area contributed by atoms with Crippen molar-refractivity contribution in [2.75, 3.05) is 0 Å². The van der Waals surface area contributed by atoms with Crippen molar-refractivity contribution < 1.29 is 10.0 Å². The van der Waals surface area contributed by atoms with Gasteiger partial charge in [-0.1, -0.05) is 178 Å². The van der Waals surface area contributed by atoms with E-state index < -0.39 is 7.12 Å². The van der Waals surface area contributed by atoms with Crippen LogP contribution in [0.25, 0.3) is 67.3 Å². The van der Waals surface area contributed by atoms with E-state index in [1.165, 1.54) is 5.56 Å². The summed E-state index contributed by atoms with van der Waals surface area (Å²) in [5.74, 6) is 1.87. The van der Waals surface area contributed by atoms with E-state index in [0.717, 1.165) is 70.7 Å². The second-order valence-electron chi connectivity index (χ2n) is 13.7. The lowest BCUT2D eigenvalue weighted by molar-refractivity contribution is 0.426. The minimum absolute atomic E-state index is 0. The van der Waals surface area contributed by atoms with Crippen LogP contribution >= 0.6 is 43.5 Å². The number of para-hydroxylation sites is 2. The molecule has 0 fully saturated rings. The lowest BCUT2D eigenvalue weighted by atomic mass is 9.81. The van der Waals surface area contributed by atoms with E-state index >= 15 is 0 Å². The third-order valence-corrected chi connectivity index (χ3v) is 11.0. The molecule has 0 unspecified atom stereocenters. The predicted octanol–water partition coefficient (Wildman–Crippen LogP) is 13.2. The van der Waals surface area contributed by atoms with Crippen LogP contribution in [0.4, 0.5) is 0 Å². The Balaban J connectivity index is 0.000000151. The van der Waals surface area contributed by atoms with Crippen LogP contribution in [0.3, 0.4) is 0 Å². The molecule has 0 amide bonds. The maximum atomic E-state index is 8.65. The molecule has 0 aliphatic heterocycles. The lowest BCUT2D eigenvalue weighted by Crippen LogP contribution is -2.29. The smallest absolute Gasteiger partial charge is 0.423 e. The predicted molar refractivity (Wildman–Crippen MR) is 262 cm³/mol. The lowest BCUT2D eigenvalue weighted by Gasteiger charge is -2.09. The van der Waals surface area contributed by atoms with Crippen LogP contribution in [-0.4, -0.2) is 36.3 Å². The molecule has 10 aromatic rings. The summed E-state index contributed by atoms with van der Waals surface area (Å²) in [7, 11) is -1.37. The number of rotatable bonds is 6. The Labute approximate surface area is 377 Å². The van der Waals surface area contributed by atoms with Crippen LogP contribution in [0.2, 0.25) is 5.02 Å². The maximum absolute atomic E-state index is 8.65. The van der Waals surface area contributed by atoms with Gasteiger partial charge in [-0.25, -0.2) is 9.97 Å². The summed E-state index contributed by atoms with van der Waals surface area (Å²) in [5.41, 5.74) is 11.3. The normalized spacial score (nSPS) is 10.6. The highest BCUT2D eigenvalue weighted by molar-refractivity contribution is 9.10. The Morgan fingerprint density at radius 3 is 1.28 bits per heavy atom. The monoisotopic (exact) mass is 944 g/mol. The summed E-state index contributed by atoms with van der Waals surface area (Å²) in [5, 5.41) is 18.0. The molecule has 0 aliphatic carbocycles. The van der Waals surface area contributed by atoms with Gasteiger partial charge >= 0.3 is 7.12 Å². The third kappa shape index (κ3) is 10.1. The molecular formula is C51H40BBr2ClN4O2. The number of halogens is 3. The topological polar surface area (TPSA) is 76.1 Å². The van der Waals surface area contributed by atoms with Crippen LogP contribution in [0.1, 0.15) is 7.43 Å². The molecule has 0 bridgehead atoms. The van der Waals surface area contributed by atoms with Crippen LogP contribution in [0, 0.1) is 0 Å². The molecule has 0 aliphatic rings. The first-order valence-corrected chi connectivity index (χ1v) is 21.1. The molecule has 2 N–H and O–H groups in total. The van der Waals surface area contributed by atoms with Gasteiger partial charge in [0.2, 0.25) is 0 Å². The molecular weight excluding hydrogens is 907 g/mol. The number of nitrogens with zero attached hydrogens (tertiary/aromatic N) is 4. The average molecular weight is 947 g/mol. The number of aromatic nitrogens is 4. The average Bonchev–Trinajstić information content (AvgIpc) is 3.87. The van der Waals surface area contributed by atoms with E-state index in [4.69, 9.17) is 31.6 Å². The van der Waals surface area contributed by atoms with E-state index in [9.17, 15) is 0 Å². The molecule has 0 saturated carbocycles. The first kappa shape index (κ1) is 43.0. The van der Waals surface area contributed by atoms with Crippen LogP contribution < -0.4 is 5.46 Å². The zero-order valence-electron chi connectivity index (χ0n) is 32.0. The number of hydrogen-bond donors (Lipinski definition) is 2. The van der Waals surface area contributed by atoms with E-state index in [1.54, 1.807) is 24.3 Å². The highest BCUT2D eigenvalue weighted by Gasteiger charge is 2.16. The van der Waals surface area contributed by atoms with Gasteiger partial charge in [0.1, 0.15) is 11.6 Å². The van der Waals surface area contributed by atoms with Gasteiger partial charge in [-0.2, -0.15) is 0 Å². The Morgan fingerprint density at radius 2 is 0.820 bits per heavy atom. The van der Waals surface area contributed by atoms with E-state index in [2.05, 4.69) is 156 Å². The first-order chi connectivity index (χ1) is 29.3. The summed E-state index contributed by atoms with van der Waals surface area (Å²) >= 11 is 12.9. The zero-order valence-corrected chi connectivity index (χ0v) is 36.0. The van der Waals surface area contributed by atoms with Gasteiger partial charge in [0, 0.05) is 36.5 Å². The molecule has 10 heteroatoms. The number of imidazole rings is 2. The highest BCUT2D eigenvalue weighted by Crippen LogP contribution is 2.33. The standard InChI is InChI=1S/C25H17BrN2.C19H13ClN2.C6H6BBrO2.CH4/c26-21-14-11-18(12-15-21)20-13-16-24-23(17-20)27-25(19-7-3-1-4-8-19)28(24)22-9-5-2-6-10-22;20-15-11-12-18-17(13-15)21-19(14-7-3-1-4-8-14)22(18)16-9-5-2-6-10-16;8-6-3-1-5(2-4-6)7(9)10;/h1-17H;1-13H;1-4,9-10H;1H4. The molecule has 10 rings (SSSR count). The molecule has 0 saturated heterocycles. The molecule has 0 radical (unpaired) electrons. The van der Waals surface area contributed by atoms with E-state index in [0.29, 0.717) is 10.5 Å². The Morgan fingerprint density at radius 1 is 0.426 bits per heavy atom. The van der Waals surface area contributed by atoms with E-state index in [1.807, 2.05) is 66.7 Å². The fourth-order valence-corrected chi connectivity index (χ4v) is 7.52. The third-order valence-electron chi connectivity index (χ3n) is 9.71. The molecule has 2 aromatic heterocycles. The Hall–Kier alpha value is -6.07. The molecule has 6 nitrogen and oxygen atoms in total. The molecule has 0 spiro atoms. The minimum atomic E-state index is -1.37. The van der Waals surface area contributed by atoms with Gasteiger partial charge in [-0.05, 0) is 95.5 Å². The quantitative estimate of drug-likeness (QED) is 0.163. The second-order valence-corrected chi connectivity index (χ2v) is 16.0. The van der Waals surface area contributed by atoms with Crippen molar-refractivity contribution in [3.8, 4) is 45.3 Å². The molecule has 61 heavy (non-hydrogen) atoms. The van der Waals surface area contributed by atoms with Gasteiger partial charge in [0.25, 0.3) is 0 Å². The summed E-state index contributed by atoms with van der Waals surface area (Å²) in [6.07, 6.45) is 0. The van der Waals surface area contributed by atoms with Crippen molar-refractivity contribution >= 4 is 78.1 Å². The largest absolute Gasteiger partial charge is 0.488 e. The minimum Gasteiger partial charge on any atom is -0.423 e.